The Bertz CT molecular complexity index is 504. The second-order valence-electron chi connectivity index (χ2n) is 6.00. The van der Waals surface area contributed by atoms with Crippen molar-refractivity contribution >= 4 is 12.1 Å². The van der Waals surface area contributed by atoms with E-state index in [1.165, 1.54) is 5.56 Å². The van der Waals surface area contributed by atoms with E-state index >= 15 is 0 Å². The molecular weight excluding hydrogens is 282 g/mol. The van der Waals surface area contributed by atoms with E-state index in [4.69, 9.17) is 9.84 Å². The molecule has 1 fully saturated rings. The molecule has 0 aliphatic heterocycles. The van der Waals surface area contributed by atoms with Gasteiger partial charge in [0.05, 0.1) is 5.92 Å². The fourth-order valence-electron chi connectivity index (χ4n) is 2.73. The summed E-state index contributed by atoms with van der Waals surface area (Å²) in [5, 5.41) is 11.7. The maximum Gasteiger partial charge on any atom is 0.407 e. The third-order valence-electron chi connectivity index (χ3n) is 4.22. The van der Waals surface area contributed by atoms with E-state index in [2.05, 4.69) is 5.32 Å². The number of carboxylic acid groups (broad SMARTS) is 1. The van der Waals surface area contributed by atoms with Crippen LogP contribution in [0.25, 0.3) is 0 Å². The Labute approximate surface area is 130 Å². The number of carboxylic acids is 1. The molecule has 0 spiro atoms. The summed E-state index contributed by atoms with van der Waals surface area (Å²) in [6, 6.07) is 7.85. The maximum atomic E-state index is 11.7. The summed E-state index contributed by atoms with van der Waals surface area (Å²) in [6.07, 6.45) is 2.66. The standard InChI is InChI=1S/C17H23NO4/c1-12-2-4-14(5-3-12)11-22-17(21)18-10-13-6-8-15(9-7-13)16(19)20/h2-5,13,15H,6-11H2,1H3,(H,18,21)(H,19,20). The van der Waals surface area contributed by atoms with Crippen molar-refractivity contribution in [1.29, 1.82) is 0 Å². The molecular formula is C17H23NO4. The van der Waals surface area contributed by atoms with Crippen LogP contribution in [0.5, 0.6) is 0 Å². The van der Waals surface area contributed by atoms with Gasteiger partial charge in [-0.1, -0.05) is 29.8 Å². The van der Waals surface area contributed by atoms with Gasteiger partial charge in [0.25, 0.3) is 0 Å². The quantitative estimate of drug-likeness (QED) is 0.876. The Morgan fingerprint density at radius 1 is 1.18 bits per heavy atom. The number of aryl methyl sites for hydroxylation is 1. The topological polar surface area (TPSA) is 75.6 Å². The summed E-state index contributed by atoms with van der Waals surface area (Å²) in [5.41, 5.74) is 2.13. The summed E-state index contributed by atoms with van der Waals surface area (Å²) < 4.78 is 5.17. The number of carbonyl (C=O) groups excluding carboxylic acids is 1. The number of aliphatic carboxylic acids is 1. The van der Waals surface area contributed by atoms with Crippen LogP contribution in [0.15, 0.2) is 24.3 Å². The third kappa shape index (κ3) is 5.06. The molecule has 5 heteroatoms. The van der Waals surface area contributed by atoms with Gasteiger partial charge in [0, 0.05) is 6.54 Å². The minimum Gasteiger partial charge on any atom is -0.481 e. The summed E-state index contributed by atoms with van der Waals surface area (Å²) >= 11 is 0. The van der Waals surface area contributed by atoms with Crippen molar-refractivity contribution in [3.63, 3.8) is 0 Å². The minimum atomic E-state index is -0.705. The van der Waals surface area contributed by atoms with Crippen LogP contribution in [0, 0.1) is 18.8 Å². The molecule has 0 saturated heterocycles. The van der Waals surface area contributed by atoms with Crippen LogP contribution in [-0.4, -0.2) is 23.7 Å². The van der Waals surface area contributed by atoms with Crippen molar-refractivity contribution in [3.05, 3.63) is 35.4 Å². The van der Waals surface area contributed by atoms with Gasteiger partial charge >= 0.3 is 12.1 Å². The van der Waals surface area contributed by atoms with Gasteiger partial charge in [-0.25, -0.2) is 4.79 Å². The second-order valence-corrected chi connectivity index (χ2v) is 6.00. The zero-order chi connectivity index (χ0) is 15.9. The molecule has 0 aromatic heterocycles. The molecule has 1 aliphatic carbocycles. The Hall–Kier alpha value is -2.04. The van der Waals surface area contributed by atoms with Gasteiger partial charge in [-0.15, -0.1) is 0 Å². The van der Waals surface area contributed by atoms with Gasteiger partial charge in [0.15, 0.2) is 0 Å². The molecule has 2 rings (SSSR count). The van der Waals surface area contributed by atoms with Crippen LogP contribution < -0.4 is 5.32 Å². The molecule has 0 bridgehead atoms. The molecule has 120 valence electrons. The van der Waals surface area contributed by atoms with E-state index in [9.17, 15) is 9.59 Å². The van der Waals surface area contributed by atoms with Crippen LogP contribution in [0.4, 0.5) is 4.79 Å². The second kappa shape index (κ2) is 7.82. The average Bonchev–Trinajstić information content (AvgIpc) is 2.52. The van der Waals surface area contributed by atoms with Gasteiger partial charge < -0.3 is 15.2 Å². The fraction of sp³-hybridized carbons (Fsp3) is 0.529. The first-order valence-corrected chi connectivity index (χ1v) is 7.73. The van der Waals surface area contributed by atoms with Crippen LogP contribution in [0.3, 0.4) is 0 Å². The lowest BCUT2D eigenvalue weighted by atomic mass is 9.82. The van der Waals surface area contributed by atoms with E-state index in [0.717, 1.165) is 18.4 Å². The predicted molar refractivity (Wildman–Crippen MR) is 82.5 cm³/mol. The van der Waals surface area contributed by atoms with E-state index in [1.54, 1.807) is 0 Å². The van der Waals surface area contributed by atoms with Crippen molar-refractivity contribution in [1.82, 2.24) is 5.32 Å². The van der Waals surface area contributed by atoms with E-state index in [0.29, 0.717) is 25.3 Å². The number of nitrogens with one attached hydrogen (secondary N) is 1. The molecule has 0 atom stereocenters. The Morgan fingerprint density at radius 3 is 2.41 bits per heavy atom. The van der Waals surface area contributed by atoms with Gasteiger partial charge in [-0.3, -0.25) is 4.79 Å². The smallest absolute Gasteiger partial charge is 0.407 e. The Kier molecular flexibility index (Phi) is 5.81. The normalized spacial score (nSPS) is 21.1. The molecule has 1 aromatic rings. The van der Waals surface area contributed by atoms with Crippen molar-refractivity contribution in [3.8, 4) is 0 Å². The molecule has 22 heavy (non-hydrogen) atoms. The number of hydrogen-bond acceptors (Lipinski definition) is 3. The average molecular weight is 305 g/mol. The number of amides is 1. The molecule has 1 saturated carbocycles. The molecule has 0 unspecified atom stereocenters. The number of rotatable bonds is 5. The summed E-state index contributed by atoms with van der Waals surface area (Å²) in [7, 11) is 0. The molecule has 1 amide bonds. The first kappa shape index (κ1) is 16.3. The summed E-state index contributed by atoms with van der Waals surface area (Å²) in [4.78, 5) is 22.5. The lowest BCUT2D eigenvalue weighted by Gasteiger charge is -2.25. The lowest BCUT2D eigenvalue weighted by molar-refractivity contribution is -0.143. The molecule has 0 heterocycles. The Balaban J connectivity index is 1.64. The van der Waals surface area contributed by atoms with Gasteiger partial charge in [-0.05, 0) is 44.1 Å². The Morgan fingerprint density at radius 2 is 1.82 bits per heavy atom. The van der Waals surface area contributed by atoms with E-state index < -0.39 is 12.1 Å². The number of ether oxygens (including phenoxy) is 1. The van der Waals surface area contributed by atoms with Crippen LogP contribution in [0.2, 0.25) is 0 Å². The molecule has 2 N–H and O–H groups in total. The third-order valence-corrected chi connectivity index (χ3v) is 4.22. The highest BCUT2D eigenvalue weighted by Crippen LogP contribution is 2.28. The number of hydrogen-bond donors (Lipinski definition) is 2. The molecule has 0 radical (unpaired) electrons. The van der Waals surface area contributed by atoms with E-state index in [-0.39, 0.29) is 12.5 Å². The van der Waals surface area contributed by atoms with Gasteiger partial charge in [0.2, 0.25) is 0 Å². The SMILES string of the molecule is Cc1ccc(COC(=O)NCC2CCC(C(=O)O)CC2)cc1. The fourth-order valence-corrected chi connectivity index (χ4v) is 2.73. The van der Waals surface area contributed by atoms with Crippen LogP contribution in [-0.2, 0) is 16.1 Å². The van der Waals surface area contributed by atoms with Gasteiger partial charge in [0.1, 0.15) is 6.61 Å². The van der Waals surface area contributed by atoms with Crippen molar-refractivity contribution in [2.45, 2.75) is 39.2 Å². The lowest BCUT2D eigenvalue weighted by Crippen LogP contribution is -2.32. The molecule has 1 aromatic carbocycles. The first-order chi connectivity index (χ1) is 10.5. The molecule has 1 aliphatic rings. The van der Waals surface area contributed by atoms with E-state index in [1.807, 2.05) is 31.2 Å². The zero-order valence-corrected chi connectivity index (χ0v) is 12.9. The highest BCUT2D eigenvalue weighted by molar-refractivity contribution is 5.70. The van der Waals surface area contributed by atoms with Crippen LogP contribution >= 0.6 is 0 Å². The number of benzene rings is 1. The monoisotopic (exact) mass is 305 g/mol. The highest BCUT2D eigenvalue weighted by Gasteiger charge is 2.26. The van der Waals surface area contributed by atoms with Crippen molar-refractivity contribution < 1.29 is 19.4 Å². The summed E-state index contributed by atoms with van der Waals surface area (Å²) in [5.74, 6) is -0.573. The van der Waals surface area contributed by atoms with Gasteiger partial charge in [-0.2, -0.15) is 0 Å². The largest absolute Gasteiger partial charge is 0.481 e. The molecule has 5 nitrogen and oxygen atoms in total. The highest BCUT2D eigenvalue weighted by atomic mass is 16.5. The predicted octanol–water partition coefficient (Wildman–Crippen LogP) is 3.11. The minimum absolute atomic E-state index is 0.218. The van der Waals surface area contributed by atoms with Crippen LogP contribution in [0.1, 0.15) is 36.8 Å². The number of alkyl carbamates (subject to hydrolysis) is 1. The maximum absolute atomic E-state index is 11.7. The first-order valence-electron chi connectivity index (χ1n) is 7.73. The van der Waals surface area contributed by atoms with Crippen molar-refractivity contribution in [2.75, 3.05) is 6.54 Å². The van der Waals surface area contributed by atoms with Crippen molar-refractivity contribution in [2.24, 2.45) is 11.8 Å². The summed E-state index contributed by atoms with van der Waals surface area (Å²) in [6.45, 7) is 2.83. The number of carbonyl (C=O) groups is 2. The zero-order valence-electron chi connectivity index (χ0n) is 12.9.